The van der Waals surface area contributed by atoms with E-state index < -0.39 is 23.4 Å². The van der Waals surface area contributed by atoms with Crippen LogP contribution in [-0.4, -0.2) is 41.3 Å². The summed E-state index contributed by atoms with van der Waals surface area (Å²) in [7, 11) is 0. The van der Waals surface area contributed by atoms with E-state index in [4.69, 9.17) is 14.2 Å². The largest absolute Gasteiger partial charge is 0.458 e. The van der Waals surface area contributed by atoms with Gasteiger partial charge in [0.25, 0.3) is 0 Å². The van der Waals surface area contributed by atoms with Crippen LogP contribution in [0, 0.1) is 39.9 Å². The molecule has 224 valence electrons. The van der Waals surface area contributed by atoms with Crippen molar-refractivity contribution in [3.05, 3.63) is 34.9 Å². The molecule has 40 heavy (non-hydrogen) atoms. The lowest BCUT2D eigenvalue weighted by atomic mass is 9.45. The van der Waals surface area contributed by atoms with E-state index in [9.17, 15) is 9.90 Å². The van der Waals surface area contributed by atoms with Crippen molar-refractivity contribution >= 4 is 5.97 Å². The van der Waals surface area contributed by atoms with E-state index >= 15 is 0 Å². The maximum Gasteiger partial charge on any atom is 0.303 e. The standard InChI is InChI=1S/C35H54O5/c1-19(2)20(3)12-13-21(4)24-15-16-25-23-14-17-27-32(6,7)30-26(39-33(8,9)40-30)18-34(27,10)28(23)29(37)31(35(24,25)11)38-22(5)36/h16,19,21,24,26-27,29-31,37H,3,12-15,17-18H2,1-2,4-11H3/t21-,24-,26-,27?,29-,30+,31+,34?,35?/m1/s1. The molecular formula is C35H54O5. The van der Waals surface area contributed by atoms with Crippen LogP contribution in [0.3, 0.4) is 0 Å². The van der Waals surface area contributed by atoms with Crippen LogP contribution in [0.25, 0.3) is 0 Å². The molecular weight excluding hydrogens is 500 g/mol. The van der Waals surface area contributed by atoms with Gasteiger partial charge in [-0.3, -0.25) is 4.79 Å². The van der Waals surface area contributed by atoms with Gasteiger partial charge in [-0.25, -0.2) is 0 Å². The summed E-state index contributed by atoms with van der Waals surface area (Å²) in [5.41, 5.74) is 4.21. The molecule has 0 spiro atoms. The second-order valence-electron chi connectivity index (χ2n) is 15.6. The molecule has 0 bridgehead atoms. The van der Waals surface area contributed by atoms with Crippen LogP contribution in [0.5, 0.6) is 0 Å². The first-order chi connectivity index (χ1) is 18.4. The molecule has 2 fully saturated rings. The highest BCUT2D eigenvalue weighted by Crippen LogP contribution is 2.68. The summed E-state index contributed by atoms with van der Waals surface area (Å²) < 4.78 is 19.2. The molecule has 1 saturated carbocycles. The van der Waals surface area contributed by atoms with Crippen molar-refractivity contribution in [3.8, 4) is 0 Å². The number of esters is 1. The number of carbonyl (C=O) groups is 1. The Labute approximate surface area is 242 Å². The molecule has 1 saturated heterocycles. The topological polar surface area (TPSA) is 65.0 Å². The summed E-state index contributed by atoms with van der Waals surface area (Å²) >= 11 is 0. The van der Waals surface area contributed by atoms with Crippen LogP contribution in [-0.2, 0) is 19.0 Å². The lowest BCUT2D eigenvalue weighted by Gasteiger charge is -2.61. The second kappa shape index (κ2) is 9.81. The van der Waals surface area contributed by atoms with E-state index in [-0.39, 0.29) is 29.0 Å². The monoisotopic (exact) mass is 554 g/mol. The summed E-state index contributed by atoms with van der Waals surface area (Å²) in [5, 5.41) is 12.4. The van der Waals surface area contributed by atoms with Crippen LogP contribution in [0.2, 0.25) is 0 Å². The van der Waals surface area contributed by atoms with Crippen molar-refractivity contribution in [1.29, 1.82) is 0 Å². The predicted octanol–water partition coefficient (Wildman–Crippen LogP) is 7.54. The minimum Gasteiger partial charge on any atom is -0.458 e. The number of rotatable bonds is 6. The summed E-state index contributed by atoms with van der Waals surface area (Å²) in [4.78, 5) is 12.6. The number of ether oxygens (including phenoxy) is 3. The van der Waals surface area contributed by atoms with Gasteiger partial charge in [0, 0.05) is 12.3 Å². The van der Waals surface area contributed by atoms with Crippen LogP contribution >= 0.6 is 0 Å². The Bertz CT molecular complexity index is 1130. The lowest BCUT2D eigenvalue weighted by Crippen LogP contribution is -2.62. The molecule has 5 rings (SSSR count). The molecule has 0 amide bonds. The molecule has 1 aliphatic heterocycles. The summed E-state index contributed by atoms with van der Waals surface area (Å²) in [6, 6.07) is 0. The predicted molar refractivity (Wildman–Crippen MR) is 158 cm³/mol. The number of hydrogen-bond acceptors (Lipinski definition) is 5. The Kier molecular flexibility index (Phi) is 7.37. The minimum atomic E-state index is -0.838. The fourth-order valence-electron chi connectivity index (χ4n) is 10.0. The van der Waals surface area contributed by atoms with Gasteiger partial charge in [0.05, 0.1) is 12.2 Å². The molecule has 3 unspecified atom stereocenters. The van der Waals surface area contributed by atoms with Gasteiger partial charge in [-0.2, -0.15) is 0 Å². The van der Waals surface area contributed by atoms with Gasteiger partial charge in [0.1, 0.15) is 12.2 Å². The van der Waals surface area contributed by atoms with Crippen molar-refractivity contribution in [2.75, 3.05) is 0 Å². The quantitative estimate of drug-likeness (QED) is 0.271. The number of hydrogen-bond donors (Lipinski definition) is 1. The molecule has 1 N–H and O–H groups in total. The molecule has 5 aliphatic rings. The Balaban J connectivity index is 1.56. The van der Waals surface area contributed by atoms with Crippen LogP contribution in [0.15, 0.2) is 34.9 Å². The molecule has 0 aromatic heterocycles. The zero-order chi connectivity index (χ0) is 29.6. The highest BCUT2D eigenvalue weighted by Gasteiger charge is 2.67. The van der Waals surface area contributed by atoms with Crippen molar-refractivity contribution < 1.29 is 24.1 Å². The smallest absolute Gasteiger partial charge is 0.303 e. The van der Waals surface area contributed by atoms with E-state index in [1.807, 2.05) is 13.8 Å². The zero-order valence-corrected chi connectivity index (χ0v) is 26.7. The third kappa shape index (κ3) is 4.40. The molecule has 5 nitrogen and oxygen atoms in total. The van der Waals surface area contributed by atoms with Crippen molar-refractivity contribution in [3.63, 3.8) is 0 Å². The van der Waals surface area contributed by atoms with Crippen LogP contribution in [0.4, 0.5) is 0 Å². The first-order valence-electron chi connectivity index (χ1n) is 15.8. The number of aliphatic hydroxyl groups excluding tert-OH is 1. The summed E-state index contributed by atoms with van der Waals surface area (Å²) in [6.07, 6.45) is 6.78. The van der Waals surface area contributed by atoms with E-state index in [2.05, 4.69) is 61.1 Å². The molecule has 9 atom stereocenters. The zero-order valence-electron chi connectivity index (χ0n) is 26.7. The maximum atomic E-state index is 12.6. The van der Waals surface area contributed by atoms with Crippen molar-refractivity contribution in [1.82, 2.24) is 0 Å². The van der Waals surface area contributed by atoms with Crippen LogP contribution in [0.1, 0.15) is 108 Å². The molecule has 1 heterocycles. The summed E-state index contributed by atoms with van der Waals surface area (Å²) in [6.45, 7) is 25.8. The molecule has 5 heteroatoms. The first-order valence-corrected chi connectivity index (χ1v) is 15.8. The fourth-order valence-corrected chi connectivity index (χ4v) is 10.0. The highest BCUT2D eigenvalue weighted by atomic mass is 16.8. The van der Waals surface area contributed by atoms with Crippen LogP contribution < -0.4 is 0 Å². The SMILES string of the molecule is C=C(CC[C@@H](C)[C@H]1CC=C2C3=C([C@@H](O)[C@H](OC(C)=O)C21C)C1(C)C[C@H]2OC(C)(C)O[C@@H]2C(C)(C)C1CC3)C(C)C. The maximum absolute atomic E-state index is 12.6. The fraction of sp³-hybridized carbons (Fsp3) is 0.800. The van der Waals surface area contributed by atoms with Gasteiger partial charge in [-0.1, -0.05) is 66.7 Å². The van der Waals surface area contributed by atoms with Crippen molar-refractivity contribution in [2.24, 2.45) is 39.9 Å². The van der Waals surface area contributed by atoms with E-state index in [1.54, 1.807) is 0 Å². The third-order valence-electron chi connectivity index (χ3n) is 12.0. The molecule has 4 aliphatic carbocycles. The second-order valence-corrected chi connectivity index (χ2v) is 15.6. The van der Waals surface area contributed by atoms with Gasteiger partial charge in [-0.05, 0) is 104 Å². The number of allylic oxidation sites excluding steroid dienone is 3. The van der Waals surface area contributed by atoms with E-state index in [0.717, 1.165) is 44.1 Å². The first kappa shape index (κ1) is 30.0. The Morgan fingerprint density at radius 3 is 2.45 bits per heavy atom. The van der Waals surface area contributed by atoms with E-state index in [1.165, 1.54) is 23.6 Å². The Morgan fingerprint density at radius 1 is 1.15 bits per heavy atom. The van der Waals surface area contributed by atoms with Gasteiger partial charge >= 0.3 is 5.97 Å². The van der Waals surface area contributed by atoms with Gasteiger partial charge in [0.2, 0.25) is 0 Å². The minimum absolute atomic E-state index is 0.0227. The van der Waals surface area contributed by atoms with Gasteiger partial charge in [-0.15, -0.1) is 0 Å². The highest BCUT2D eigenvalue weighted by molar-refractivity contribution is 5.67. The Morgan fingerprint density at radius 2 is 1.82 bits per heavy atom. The lowest BCUT2D eigenvalue weighted by molar-refractivity contribution is -0.169. The number of aliphatic hydroxyl groups is 1. The van der Waals surface area contributed by atoms with Gasteiger partial charge < -0.3 is 19.3 Å². The molecule has 0 aromatic rings. The number of fused-ring (bicyclic) bond motifs is 5. The molecule has 0 aromatic carbocycles. The Hall–Kier alpha value is -1.43. The average Bonchev–Trinajstić information content (AvgIpc) is 3.35. The third-order valence-corrected chi connectivity index (χ3v) is 12.0. The number of carbonyl (C=O) groups excluding carboxylic acids is 1. The van der Waals surface area contributed by atoms with Crippen molar-refractivity contribution in [2.45, 2.75) is 138 Å². The molecule has 0 radical (unpaired) electrons. The average molecular weight is 555 g/mol. The summed E-state index contributed by atoms with van der Waals surface area (Å²) in [5.74, 6) is 0.572. The van der Waals surface area contributed by atoms with E-state index in [0.29, 0.717) is 23.7 Å². The van der Waals surface area contributed by atoms with Gasteiger partial charge in [0.15, 0.2) is 5.79 Å². The normalized spacial score (nSPS) is 42.0.